The Balaban J connectivity index is 1.93. The average Bonchev–Trinajstić information content (AvgIpc) is 2.79. The molecule has 3 nitrogen and oxygen atoms in total. The van der Waals surface area contributed by atoms with E-state index in [4.69, 9.17) is 11.6 Å². The molecule has 0 radical (unpaired) electrons. The summed E-state index contributed by atoms with van der Waals surface area (Å²) in [6.07, 6.45) is 2.38. The molecule has 114 valence electrons. The Morgan fingerprint density at radius 3 is 2.76 bits per heavy atom. The molecule has 0 spiro atoms. The number of hydrogen-bond acceptors (Lipinski definition) is 2. The first-order valence-corrected chi connectivity index (χ1v) is 7.96. The Labute approximate surface area is 129 Å². The van der Waals surface area contributed by atoms with E-state index in [1.54, 1.807) is 0 Å². The van der Waals surface area contributed by atoms with Gasteiger partial charge in [0.25, 0.3) is 0 Å². The molecule has 0 bridgehead atoms. The van der Waals surface area contributed by atoms with Crippen molar-refractivity contribution in [1.82, 2.24) is 14.5 Å². The highest BCUT2D eigenvalue weighted by Crippen LogP contribution is 2.28. The summed E-state index contributed by atoms with van der Waals surface area (Å²) in [7, 11) is 2.16. The van der Waals surface area contributed by atoms with Crippen LogP contribution in [0.1, 0.15) is 31.0 Å². The Hall–Kier alpha value is -1.13. The van der Waals surface area contributed by atoms with Crippen LogP contribution in [0.15, 0.2) is 18.2 Å². The second-order valence-electron chi connectivity index (χ2n) is 6.08. The number of likely N-dealkylation sites (tertiary alicyclic amines) is 1. The smallest absolute Gasteiger partial charge is 0.127 e. The molecule has 1 fully saturated rings. The van der Waals surface area contributed by atoms with E-state index in [0.717, 1.165) is 31.0 Å². The molecular formula is C16H21ClFN3. The van der Waals surface area contributed by atoms with E-state index >= 15 is 0 Å². The van der Waals surface area contributed by atoms with Gasteiger partial charge in [0.1, 0.15) is 11.6 Å². The van der Waals surface area contributed by atoms with Crippen molar-refractivity contribution in [3.05, 3.63) is 29.8 Å². The van der Waals surface area contributed by atoms with Gasteiger partial charge in [0.05, 0.1) is 16.4 Å². The van der Waals surface area contributed by atoms with E-state index in [-0.39, 0.29) is 11.2 Å². The topological polar surface area (TPSA) is 21.1 Å². The van der Waals surface area contributed by atoms with E-state index in [1.807, 2.05) is 13.0 Å². The van der Waals surface area contributed by atoms with Crippen LogP contribution in [-0.2, 0) is 6.54 Å². The minimum Gasteiger partial charge on any atom is -0.326 e. The summed E-state index contributed by atoms with van der Waals surface area (Å²) in [4.78, 5) is 6.90. The van der Waals surface area contributed by atoms with E-state index < -0.39 is 0 Å². The molecule has 1 aliphatic rings. The van der Waals surface area contributed by atoms with Gasteiger partial charge in [-0.3, -0.25) is 0 Å². The van der Waals surface area contributed by atoms with Gasteiger partial charge < -0.3 is 9.47 Å². The number of fused-ring (bicyclic) bond motifs is 1. The number of piperidine rings is 1. The molecule has 0 aliphatic carbocycles. The first-order chi connectivity index (χ1) is 10.0. The van der Waals surface area contributed by atoms with Gasteiger partial charge in [-0.25, -0.2) is 9.37 Å². The van der Waals surface area contributed by atoms with Crippen molar-refractivity contribution in [2.45, 2.75) is 31.7 Å². The maximum Gasteiger partial charge on any atom is 0.127 e. The first kappa shape index (κ1) is 14.8. The minimum atomic E-state index is -0.250. The molecule has 1 atom stereocenters. The molecule has 2 heterocycles. The number of halogens is 2. The average molecular weight is 310 g/mol. The normalized spacial score (nSPS) is 19.2. The zero-order valence-electron chi connectivity index (χ0n) is 12.5. The predicted octanol–water partition coefficient (Wildman–Crippen LogP) is 3.82. The number of imidazole rings is 1. The minimum absolute atomic E-state index is 0.174. The van der Waals surface area contributed by atoms with Crippen LogP contribution in [0, 0.1) is 11.7 Å². The zero-order chi connectivity index (χ0) is 15.0. The number of rotatable bonds is 3. The molecule has 2 aromatic rings. The molecule has 1 unspecified atom stereocenters. The molecule has 1 saturated heterocycles. The van der Waals surface area contributed by atoms with Crippen LogP contribution in [0.5, 0.6) is 0 Å². The number of benzene rings is 1. The third-order valence-electron chi connectivity index (χ3n) is 4.37. The van der Waals surface area contributed by atoms with E-state index in [2.05, 4.69) is 21.5 Å². The van der Waals surface area contributed by atoms with Gasteiger partial charge in [-0.2, -0.15) is 0 Å². The zero-order valence-corrected chi connectivity index (χ0v) is 13.3. The maximum absolute atomic E-state index is 13.4. The predicted molar refractivity (Wildman–Crippen MR) is 84.2 cm³/mol. The Kier molecular flexibility index (Phi) is 4.18. The Morgan fingerprint density at radius 2 is 2.10 bits per heavy atom. The number of aromatic nitrogens is 2. The SMILES string of the molecule is CC(Cl)c1nc2cc(F)ccc2n1CC1CCN(C)CC1. The lowest BCUT2D eigenvalue weighted by molar-refractivity contribution is 0.205. The highest BCUT2D eigenvalue weighted by Gasteiger charge is 2.21. The van der Waals surface area contributed by atoms with Crippen molar-refractivity contribution < 1.29 is 4.39 Å². The molecule has 21 heavy (non-hydrogen) atoms. The van der Waals surface area contributed by atoms with Crippen LogP contribution in [-0.4, -0.2) is 34.6 Å². The van der Waals surface area contributed by atoms with Crippen LogP contribution in [0.4, 0.5) is 4.39 Å². The van der Waals surface area contributed by atoms with Crippen LogP contribution in [0.3, 0.4) is 0 Å². The molecule has 0 N–H and O–H groups in total. The summed E-state index contributed by atoms with van der Waals surface area (Å²) >= 11 is 6.28. The highest BCUT2D eigenvalue weighted by molar-refractivity contribution is 6.20. The quantitative estimate of drug-likeness (QED) is 0.804. The van der Waals surface area contributed by atoms with Gasteiger partial charge in [-0.15, -0.1) is 11.6 Å². The Bertz CT molecular complexity index is 630. The fraction of sp³-hybridized carbons (Fsp3) is 0.562. The second-order valence-corrected chi connectivity index (χ2v) is 6.73. The number of nitrogens with zero attached hydrogens (tertiary/aromatic N) is 3. The summed E-state index contributed by atoms with van der Waals surface area (Å²) in [6, 6.07) is 4.80. The third-order valence-corrected chi connectivity index (χ3v) is 4.57. The summed E-state index contributed by atoms with van der Waals surface area (Å²) in [5.41, 5.74) is 1.68. The standard InChI is InChI=1S/C16H21ClFN3/c1-11(17)16-19-14-9-13(18)3-4-15(14)21(16)10-12-5-7-20(2)8-6-12/h3-4,9,11-12H,5-8,10H2,1-2H3. The number of hydrogen-bond donors (Lipinski definition) is 0. The van der Waals surface area contributed by atoms with Crippen molar-refractivity contribution >= 4 is 22.6 Å². The second kappa shape index (κ2) is 5.93. The van der Waals surface area contributed by atoms with Gasteiger partial charge in [-0.1, -0.05) is 0 Å². The van der Waals surface area contributed by atoms with E-state index in [9.17, 15) is 4.39 Å². The fourth-order valence-corrected chi connectivity index (χ4v) is 3.29. The summed E-state index contributed by atoms with van der Waals surface area (Å²) in [5, 5.41) is -0.174. The molecular weight excluding hydrogens is 289 g/mol. The van der Waals surface area contributed by atoms with Crippen LogP contribution >= 0.6 is 11.6 Å². The van der Waals surface area contributed by atoms with E-state index in [1.165, 1.54) is 25.0 Å². The summed E-state index contributed by atoms with van der Waals surface area (Å²) in [5.74, 6) is 1.23. The highest BCUT2D eigenvalue weighted by atomic mass is 35.5. The third kappa shape index (κ3) is 3.06. The van der Waals surface area contributed by atoms with Gasteiger partial charge in [0.15, 0.2) is 0 Å². The molecule has 1 aromatic heterocycles. The molecule has 5 heteroatoms. The monoisotopic (exact) mass is 309 g/mol. The van der Waals surface area contributed by atoms with Crippen molar-refractivity contribution in [2.75, 3.05) is 20.1 Å². The van der Waals surface area contributed by atoms with Crippen molar-refractivity contribution in [3.8, 4) is 0 Å². The van der Waals surface area contributed by atoms with Crippen molar-refractivity contribution in [1.29, 1.82) is 0 Å². The van der Waals surface area contributed by atoms with Crippen LogP contribution in [0.25, 0.3) is 11.0 Å². The maximum atomic E-state index is 13.4. The lowest BCUT2D eigenvalue weighted by Gasteiger charge is -2.29. The van der Waals surface area contributed by atoms with Gasteiger partial charge in [-0.05, 0) is 58.0 Å². The summed E-state index contributed by atoms with van der Waals surface area (Å²) < 4.78 is 15.6. The van der Waals surface area contributed by atoms with Crippen LogP contribution < -0.4 is 0 Å². The molecule has 0 amide bonds. The molecule has 0 saturated carbocycles. The van der Waals surface area contributed by atoms with Gasteiger partial charge >= 0.3 is 0 Å². The van der Waals surface area contributed by atoms with Crippen molar-refractivity contribution in [3.63, 3.8) is 0 Å². The number of alkyl halides is 1. The lowest BCUT2D eigenvalue weighted by Crippen LogP contribution is -2.32. The van der Waals surface area contributed by atoms with E-state index in [0.29, 0.717) is 11.4 Å². The Morgan fingerprint density at radius 1 is 1.38 bits per heavy atom. The molecule has 1 aromatic carbocycles. The largest absolute Gasteiger partial charge is 0.326 e. The van der Waals surface area contributed by atoms with Gasteiger partial charge in [0, 0.05) is 12.6 Å². The summed E-state index contributed by atoms with van der Waals surface area (Å²) in [6.45, 7) is 5.11. The first-order valence-electron chi connectivity index (χ1n) is 7.53. The molecule has 1 aliphatic heterocycles. The molecule has 3 rings (SSSR count). The van der Waals surface area contributed by atoms with Crippen LogP contribution in [0.2, 0.25) is 0 Å². The fourth-order valence-electron chi connectivity index (χ4n) is 3.12. The lowest BCUT2D eigenvalue weighted by atomic mass is 9.97. The van der Waals surface area contributed by atoms with Gasteiger partial charge in [0.2, 0.25) is 0 Å². The van der Waals surface area contributed by atoms with Crippen molar-refractivity contribution in [2.24, 2.45) is 5.92 Å².